The molecule has 1 unspecified atom stereocenters. The average molecular weight is 271 g/mol. The molecule has 100 valence electrons. The number of nitrogens with one attached hydrogen (secondary N) is 2. The van der Waals surface area contributed by atoms with Gasteiger partial charge in [-0.15, -0.1) is 0 Å². The molecule has 7 heteroatoms. The lowest BCUT2D eigenvalue weighted by atomic mass is 10.2. The monoisotopic (exact) mass is 271 g/mol. The summed E-state index contributed by atoms with van der Waals surface area (Å²) in [4.78, 5) is 22.8. The van der Waals surface area contributed by atoms with E-state index < -0.39 is 12.0 Å². The normalized spacial score (nSPS) is 12.3. The minimum absolute atomic E-state index is 0.0453. The van der Waals surface area contributed by atoms with Crippen molar-refractivity contribution in [3.63, 3.8) is 0 Å². The molecular formula is C11H17N3O3S. The Morgan fingerprint density at radius 3 is 2.44 bits per heavy atom. The maximum absolute atomic E-state index is 11.7. The van der Waals surface area contributed by atoms with Crippen molar-refractivity contribution in [2.75, 3.05) is 5.32 Å². The maximum atomic E-state index is 11.7. The van der Waals surface area contributed by atoms with E-state index >= 15 is 0 Å². The first kappa shape index (κ1) is 14.4. The van der Waals surface area contributed by atoms with Crippen LogP contribution in [0.15, 0.2) is 0 Å². The van der Waals surface area contributed by atoms with Crippen LogP contribution in [0.25, 0.3) is 0 Å². The first-order valence-electron chi connectivity index (χ1n) is 5.59. The second kappa shape index (κ2) is 5.81. The standard InChI is InChI=1S/C11H17N3O3S/c1-5(2)12-9(15)7(4)13-10-8(11(16)17)6(3)14-18-10/h5,7,13H,1-4H3,(H,12,15)(H,16,17). The van der Waals surface area contributed by atoms with Gasteiger partial charge in [-0.2, -0.15) is 4.37 Å². The highest BCUT2D eigenvalue weighted by Gasteiger charge is 2.21. The van der Waals surface area contributed by atoms with Crippen LogP contribution in [0.3, 0.4) is 0 Å². The van der Waals surface area contributed by atoms with Gasteiger partial charge in [0.2, 0.25) is 5.91 Å². The summed E-state index contributed by atoms with van der Waals surface area (Å²) >= 11 is 1.05. The maximum Gasteiger partial charge on any atom is 0.340 e. The lowest BCUT2D eigenvalue weighted by Crippen LogP contribution is -2.41. The number of aromatic nitrogens is 1. The number of aryl methyl sites for hydroxylation is 1. The first-order chi connectivity index (χ1) is 8.32. The number of aromatic carboxylic acids is 1. The van der Waals surface area contributed by atoms with Crippen LogP contribution in [-0.2, 0) is 4.79 Å². The van der Waals surface area contributed by atoms with Gasteiger partial charge in [-0.3, -0.25) is 4.79 Å². The van der Waals surface area contributed by atoms with E-state index in [-0.39, 0.29) is 17.5 Å². The van der Waals surface area contributed by atoms with E-state index in [1.807, 2.05) is 13.8 Å². The molecule has 1 aromatic rings. The van der Waals surface area contributed by atoms with Gasteiger partial charge in [-0.1, -0.05) is 0 Å². The number of anilines is 1. The van der Waals surface area contributed by atoms with Gasteiger partial charge in [0, 0.05) is 6.04 Å². The summed E-state index contributed by atoms with van der Waals surface area (Å²) in [5, 5.41) is 15.1. The zero-order valence-electron chi connectivity index (χ0n) is 10.8. The Balaban J connectivity index is 2.79. The Morgan fingerprint density at radius 1 is 1.33 bits per heavy atom. The quantitative estimate of drug-likeness (QED) is 0.754. The molecule has 3 N–H and O–H groups in total. The summed E-state index contributed by atoms with van der Waals surface area (Å²) in [6.07, 6.45) is 0. The van der Waals surface area contributed by atoms with Crippen LogP contribution >= 0.6 is 11.5 Å². The summed E-state index contributed by atoms with van der Waals surface area (Å²) < 4.78 is 3.98. The zero-order chi connectivity index (χ0) is 13.9. The van der Waals surface area contributed by atoms with Crippen molar-refractivity contribution in [1.82, 2.24) is 9.69 Å². The molecule has 0 aliphatic rings. The van der Waals surface area contributed by atoms with Crippen molar-refractivity contribution in [2.24, 2.45) is 0 Å². The predicted octanol–water partition coefficient (Wildman–Crippen LogP) is 1.47. The largest absolute Gasteiger partial charge is 0.478 e. The molecule has 0 bridgehead atoms. The molecule has 1 amide bonds. The van der Waals surface area contributed by atoms with Crippen LogP contribution in [0.1, 0.15) is 36.8 Å². The Morgan fingerprint density at radius 2 is 1.94 bits per heavy atom. The van der Waals surface area contributed by atoms with Crippen LogP contribution in [0.5, 0.6) is 0 Å². The minimum Gasteiger partial charge on any atom is -0.478 e. The number of amides is 1. The van der Waals surface area contributed by atoms with Crippen LogP contribution < -0.4 is 10.6 Å². The summed E-state index contributed by atoms with van der Waals surface area (Å²) in [7, 11) is 0. The molecule has 18 heavy (non-hydrogen) atoms. The highest BCUT2D eigenvalue weighted by atomic mass is 32.1. The third kappa shape index (κ3) is 3.43. The summed E-state index contributed by atoms with van der Waals surface area (Å²) in [5.74, 6) is -1.22. The van der Waals surface area contributed by atoms with E-state index in [9.17, 15) is 9.59 Å². The zero-order valence-corrected chi connectivity index (χ0v) is 11.6. The van der Waals surface area contributed by atoms with Crippen molar-refractivity contribution in [3.8, 4) is 0 Å². The molecule has 0 spiro atoms. The highest BCUT2D eigenvalue weighted by molar-refractivity contribution is 7.10. The van der Waals surface area contributed by atoms with Gasteiger partial charge in [-0.05, 0) is 39.2 Å². The minimum atomic E-state index is -1.04. The second-order valence-electron chi connectivity index (χ2n) is 4.31. The highest BCUT2D eigenvalue weighted by Crippen LogP contribution is 2.25. The number of rotatable bonds is 5. The van der Waals surface area contributed by atoms with E-state index in [4.69, 9.17) is 5.11 Å². The number of hydrogen-bond donors (Lipinski definition) is 3. The van der Waals surface area contributed by atoms with Crippen molar-refractivity contribution >= 4 is 28.4 Å². The number of carbonyl (C=O) groups excluding carboxylic acids is 1. The summed E-state index contributed by atoms with van der Waals surface area (Å²) in [6, 6.07) is -0.464. The molecule has 1 rings (SSSR count). The van der Waals surface area contributed by atoms with E-state index in [0.29, 0.717) is 10.7 Å². The van der Waals surface area contributed by atoms with E-state index in [2.05, 4.69) is 15.0 Å². The van der Waals surface area contributed by atoms with Gasteiger partial charge in [0.1, 0.15) is 16.6 Å². The lowest BCUT2D eigenvalue weighted by Gasteiger charge is -2.16. The molecule has 6 nitrogen and oxygen atoms in total. The summed E-state index contributed by atoms with van der Waals surface area (Å²) in [6.45, 7) is 7.04. The van der Waals surface area contributed by atoms with Gasteiger partial charge in [-0.25, -0.2) is 4.79 Å². The topological polar surface area (TPSA) is 91.3 Å². The van der Waals surface area contributed by atoms with Crippen molar-refractivity contribution in [1.29, 1.82) is 0 Å². The molecule has 0 aliphatic heterocycles. The summed E-state index contributed by atoms with van der Waals surface area (Å²) in [5.41, 5.74) is 0.579. The molecule has 0 saturated heterocycles. The van der Waals surface area contributed by atoms with Gasteiger partial charge >= 0.3 is 5.97 Å². The lowest BCUT2D eigenvalue weighted by molar-refractivity contribution is -0.122. The molecule has 0 saturated carbocycles. The Bertz CT molecular complexity index is 456. The molecule has 0 aromatic carbocycles. The van der Waals surface area contributed by atoms with E-state index in [1.54, 1.807) is 13.8 Å². The molecule has 1 aromatic heterocycles. The van der Waals surface area contributed by atoms with Crippen LogP contribution in [-0.4, -0.2) is 33.4 Å². The first-order valence-corrected chi connectivity index (χ1v) is 6.36. The molecule has 0 fully saturated rings. The SMILES string of the molecule is Cc1nsc(NC(C)C(=O)NC(C)C)c1C(=O)O. The number of nitrogens with zero attached hydrogens (tertiary/aromatic N) is 1. The Hall–Kier alpha value is -1.63. The van der Waals surface area contributed by atoms with Crippen LogP contribution in [0.2, 0.25) is 0 Å². The van der Waals surface area contributed by atoms with Crippen molar-refractivity contribution < 1.29 is 14.7 Å². The number of hydrogen-bond acceptors (Lipinski definition) is 5. The fraction of sp³-hybridized carbons (Fsp3) is 0.545. The number of carbonyl (C=O) groups is 2. The van der Waals surface area contributed by atoms with Crippen molar-refractivity contribution in [3.05, 3.63) is 11.3 Å². The molecule has 1 atom stereocenters. The van der Waals surface area contributed by atoms with Crippen molar-refractivity contribution in [2.45, 2.75) is 39.8 Å². The van der Waals surface area contributed by atoms with Crippen LogP contribution in [0, 0.1) is 6.92 Å². The predicted molar refractivity (Wildman–Crippen MR) is 70.2 cm³/mol. The Labute approximate surface area is 110 Å². The van der Waals surface area contributed by atoms with Gasteiger partial charge < -0.3 is 15.7 Å². The number of carboxylic acid groups (broad SMARTS) is 1. The molecule has 0 radical (unpaired) electrons. The third-order valence-electron chi connectivity index (χ3n) is 2.25. The fourth-order valence-corrected chi connectivity index (χ4v) is 2.27. The van der Waals surface area contributed by atoms with E-state index in [0.717, 1.165) is 11.5 Å². The Kier molecular flexibility index (Phi) is 4.66. The molecule has 0 aliphatic carbocycles. The van der Waals surface area contributed by atoms with E-state index in [1.165, 1.54) is 0 Å². The third-order valence-corrected chi connectivity index (χ3v) is 3.12. The van der Waals surface area contributed by atoms with Crippen LogP contribution in [0.4, 0.5) is 5.00 Å². The van der Waals surface area contributed by atoms with Gasteiger partial charge in [0.15, 0.2) is 0 Å². The molecule has 1 heterocycles. The fourth-order valence-electron chi connectivity index (χ4n) is 1.39. The second-order valence-corrected chi connectivity index (χ2v) is 5.08. The van der Waals surface area contributed by atoms with Gasteiger partial charge in [0.05, 0.1) is 5.69 Å². The smallest absolute Gasteiger partial charge is 0.340 e. The van der Waals surface area contributed by atoms with Gasteiger partial charge in [0.25, 0.3) is 0 Å². The molecular weight excluding hydrogens is 254 g/mol. The number of carboxylic acids is 1. The average Bonchev–Trinajstić information content (AvgIpc) is 2.58.